The van der Waals surface area contributed by atoms with Gasteiger partial charge in [-0.3, -0.25) is 4.79 Å². The Morgan fingerprint density at radius 1 is 1.20 bits per heavy atom. The molecule has 0 aliphatic heterocycles. The van der Waals surface area contributed by atoms with Crippen LogP contribution in [-0.2, 0) is 11.4 Å². The second-order valence-corrected chi connectivity index (χ2v) is 5.15. The van der Waals surface area contributed by atoms with E-state index in [1.54, 1.807) is 30.3 Å². The lowest BCUT2D eigenvalue weighted by atomic mass is 10.2. The van der Waals surface area contributed by atoms with Gasteiger partial charge in [0.15, 0.2) is 0 Å². The molecule has 102 valence electrons. The fourth-order valence-electron chi connectivity index (χ4n) is 1.68. The van der Waals surface area contributed by atoms with Crippen LogP contribution in [0.5, 0.6) is 0 Å². The number of anilines is 1. The molecule has 0 aromatic heterocycles. The van der Waals surface area contributed by atoms with Crippen LogP contribution in [0.3, 0.4) is 0 Å². The minimum atomic E-state index is -0.206. The molecule has 0 radical (unpaired) electrons. The molecule has 20 heavy (non-hydrogen) atoms. The van der Waals surface area contributed by atoms with Crippen LogP contribution in [0.15, 0.2) is 59.1 Å². The quantitative estimate of drug-likeness (QED) is 0.841. The molecule has 0 bridgehead atoms. The summed E-state index contributed by atoms with van der Waals surface area (Å²) in [6.45, 7) is -0.0432. The first-order valence-electron chi connectivity index (χ1n) is 6.12. The Balaban J connectivity index is 1.99. The topological polar surface area (TPSA) is 49.3 Å². The Kier molecular flexibility index (Phi) is 5.09. The highest BCUT2D eigenvalue weighted by atomic mass is 79.9. The fourth-order valence-corrected chi connectivity index (χ4v) is 1.94. The third-order valence-electron chi connectivity index (χ3n) is 2.67. The summed E-state index contributed by atoms with van der Waals surface area (Å²) in [4.78, 5) is 11.8. The van der Waals surface area contributed by atoms with Crippen molar-refractivity contribution < 1.29 is 9.90 Å². The lowest BCUT2D eigenvalue weighted by Crippen LogP contribution is -2.07. The summed E-state index contributed by atoms with van der Waals surface area (Å²) in [7, 11) is 0. The standard InChI is InChI=1S/C16H14BrNO2/c17-14-7-4-12(5-8-14)6-9-16(20)18-15-3-1-2-13(10-15)11-19/h1-10,19H,11H2,(H,18,20)/b9-6+. The zero-order chi connectivity index (χ0) is 14.4. The molecular weight excluding hydrogens is 318 g/mol. The molecule has 0 fully saturated rings. The number of aliphatic hydroxyl groups is 1. The largest absolute Gasteiger partial charge is 0.392 e. The molecule has 3 nitrogen and oxygen atoms in total. The van der Waals surface area contributed by atoms with Gasteiger partial charge in [0.2, 0.25) is 5.91 Å². The Morgan fingerprint density at radius 3 is 2.65 bits per heavy atom. The third kappa shape index (κ3) is 4.33. The van der Waals surface area contributed by atoms with Crippen LogP contribution in [0.4, 0.5) is 5.69 Å². The van der Waals surface area contributed by atoms with Gasteiger partial charge < -0.3 is 10.4 Å². The molecule has 2 aromatic carbocycles. The number of hydrogen-bond donors (Lipinski definition) is 2. The molecular formula is C16H14BrNO2. The summed E-state index contributed by atoms with van der Waals surface area (Å²) < 4.78 is 1.000. The minimum absolute atomic E-state index is 0.0432. The van der Waals surface area contributed by atoms with E-state index in [9.17, 15) is 4.79 Å². The predicted octanol–water partition coefficient (Wildman–Crippen LogP) is 3.59. The molecule has 0 heterocycles. The summed E-state index contributed by atoms with van der Waals surface area (Å²) in [5.74, 6) is -0.206. The van der Waals surface area contributed by atoms with Crippen LogP contribution in [0.2, 0.25) is 0 Å². The Bertz CT molecular complexity index is 621. The molecule has 0 spiro atoms. The lowest BCUT2D eigenvalue weighted by molar-refractivity contribution is -0.111. The molecule has 0 atom stereocenters. The molecule has 0 aliphatic rings. The summed E-state index contributed by atoms with van der Waals surface area (Å²) in [6, 6.07) is 14.8. The summed E-state index contributed by atoms with van der Waals surface area (Å²) >= 11 is 3.36. The molecule has 0 unspecified atom stereocenters. The maximum Gasteiger partial charge on any atom is 0.248 e. The van der Waals surface area contributed by atoms with E-state index in [0.29, 0.717) is 5.69 Å². The SMILES string of the molecule is O=C(/C=C/c1ccc(Br)cc1)Nc1cccc(CO)c1. The van der Waals surface area contributed by atoms with Crippen LogP contribution in [0, 0.1) is 0 Å². The van der Waals surface area contributed by atoms with E-state index in [4.69, 9.17) is 5.11 Å². The number of amides is 1. The van der Waals surface area contributed by atoms with Gasteiger partial charge in [-0.15, -0.1) is 0 Å². The van der Waals surface area contributed by atoms with E-state index < -0.39 is 0 Å². The molecule has 2 aromatic rings. The first kappa shape index (κ1) is 14.5. The second-order valence-electron chi connectivity index (χ2n) is 4.23. The summed E-state index contributed by atoms with van der Waals surface area (Å²) in [5, 5.41) is 11.8. The number of benzene rings is 2. The van der Waals surface area contributed by atoms with Crippen LogP contribution < -0.4 is 5.32 Å². The average Bonchev–Trinajstić information content (AvgIpc) is 2.47. The number of aliphatic hydroxyl groups excluding tert-OH is 1. The van der Waals surface area contributed by atoms with Crippen LogP contribution in [-0.4, -0.2) is 11.0 Å². The van der Waals surface area contributed by atoms with Crippen LogP contribution in [0.1, 0.15) is 11.1 Å². The Morgan fingerprint density at radius 2 is 1.95 bits per heavy atom. The first-order valence-corrected chi connectivity index (χ1v) is 6.91. The Labute approximate surface area is 126 Å². The van der Waals surface area contributed by atoms with Gasteiger partial charge >= 0.3 is 0 Å². The number of nitrogens with one attached hydrogen (secondary N) is 1. The minimum Gasteiger partial charge on any atom is -0.392 e. The van der Waals surface area contributed by atoms with Crippen molar-refractivity contribution >= 4 is 33.6 Å². The van der Waals surface area contributed by atoms with Gasteiger partial charge in [0, 0.05) is 16.2 Å². The molecule has 1 amide bonds. The van der Waals surface area contributed by atoms with E-state index in [1.807, 2.05) is 24.3 Å². The molecule has 0 aliphatic carbocycles. The summed E-state index contributed by atoms with van der Waals surface area (Å²) in [5.41, 5.74) is 2.38. The van der Waals surface area contributed by atoms with Gasteiger partial charge in [0.25, 0.3) is 0 Å². The first-order chi connectivity index (χ1) is 9.67. The molecule has 2 N–H and O–H groups in total. The molecule has 0 saturated carbocycles. The summed E-state index contributed by atoms with van der Waals surface area (Å²) in [6.07, 6.45) is 3.23. The number of rotatable bonds is 4. The average molecular weight is 332 g/mol. The van der Waals surface area contributed by atoms with Crippen molar-refractivity contribution in [3.63, 3.8) is 0 Å². The van der Waals surface area contributed by atoms with Gasteiger partial charge in [-0.1, -0.05) is 40.2 Å². The second kappa shape index (κ2) is 7.03. The van der Waals surface area contributed by atoms with E-state index in [2.05, 4.69) is 21.2 Å². The van der Waals surface area contributed by atoms with Crippen molar-refractivity contribution in [2.75, 3.05) is 5.32 Å². The van der Waals surface area contributed by atoms with Gasteiger partial charge in [-0.05, 0) is 41.5 Å². The normalized spacial score (nSPS) is 10.7. The highest BCUT2D eigenvalue weighted by Gasteiger charge is 1.99. The van der Waals surface area contributed by atoms with E-state index >= 15 is 0 Å². The van der Waals surface area contributed by atoms with E-state index in [-0.39, 0.29) is 12.5 Å². The van der Waals surface area contributed by atoms with Crippen molar-refractivity contribution in [1.29, 1.82) is 0 Å². The van der Waals surface area contributed by atoms with Gasteiger partial charge in [0.1, 0.15) is 0 Å². The maximum atomic E-state index is 11.8. The van der Waals surface area contributed by atoms with Crippen molar-refractivity contribution in [3.05, 3.63) is 70.2 Å². The van der Waals surface area contributed by atoms with Crippen LogP contribution >= 0.6 is 15.9 Å². The van der Waals surface area contributed by atoms with E-state index in [1.165, 1.54) is 6.08 Å². The number of hydrogen-bond acceptors (Lipinski definition) is 2. The molecule has 4 heteroatoms. The fraction of sp³-hybridized carbons (Fsp3) is 0.0625. The molecule has 0 saturated heterocycles. The highest BCUT2D eigenvalue weighted by molar-refractivity contribution is 9.10. The maximum absolute atomic E-state index is 11.8. The molecule has 2 rings (SSSR count). The van der Waals surface area contributed by atoms with Gasteiger partial charge in [-0.2, -0.15) is 0 Å². The van der Waals surface area contributed by atoms with Crippen LogP contribution in [0.25, 0.3) is 6.08 Å². The number of carbonyl (C=O) groups excluding carboxylic acids is 1. The zero-order valence-corrected chi connectivity index (χ0v) is 12.3. The van der Waals surface area contributed by atoms with E-state index in [0.717, 1.165) is 15.6 Å². The van der Waals surface area contributed by atoms with Gasteiger partial charge in [-0.25, -0.2) is 0 Å². The Hall–Kier alpha value is -1.91. The van der Waals surface area contributed by atoms with Gasteiger partial charge in [0.05, 0.1) is 6.61 Å². The number of carbonyl (C=O) groups is 1. The number of halogens is 1. The van der Waals surface area contributed by atoms with Crippen molar-refractivity contribution in [3.8, 4) is 0 Å². The van der Waals surface area contributed by atoms with Crippen molar-refractivity contribution in [1.82, 2.24) is 0 Å². The zero-order valence-electron chi connectivity index (χ0n) is 10.7. The predicted molar refractivity (Wildman–Crippen MR) is 84.2 cm³/mol. The highest BCUT2D eigenvalue weighted by Crippen LogP contribution is 2.13. The third-order valence-corrected chi connectivity index (χ3v) is 3.20. The smallest absolute Gasteiger partial charge is 0.248 e. The van der Waals surface area contributed by atoms with Crippen molar-refractivity contribution in [2.24, 2.45) is 0 Å². The monoisotopic (exact) mass is 331 g/mol. The van der Waals surface area contributed by atoms with Crippen molar-refractivity contribution in [2.45, 2.75) is 6.61 Å². The lowest BCUT2D eigenvalue weighted by Gasteiger charge is -2.03.